The molecular weight excluding hydrogens is 168 g/mol. The molecule has 0 atom stereocenters. The Morgan fingerprint density at radius 3 is 1.92 bits per heavy atom. The van der Waals surface area contributed by atoms with E-state index in [1.807, 2.05) is 0 Å². The Labute approximate surface area is 81.1 Å². The molecule has 0 aromatic carbocycles. The van der Waals surface area contributed by atoms with E-state index in [2.05, 4.69) is 13.8 Å². The Morgan fingerprint density at radius 2 is 1.69 bits per heavy atom. The highest BCUT2D eigenvalue weighted by Gasteiger charge is 1.92. The van der Waals surface area contributed by atoms with E-state index in [9.17, 15) is 4.79 Å². The number of hydrogen-bond acceptors (Lipinski definition) is 3. The van der Waals surface area contributed by atoms with Crippen molar-refractivity contribution in [2.24, 2.45) is 5.73 Å². The van der Waals surface area contributed by atoms with Crippen LogP contribution >= 0.6 is 0 Å². The lowest BCUT2D eigenvalue weighted by molar-refractivity contribution is -0.137. The van der Waals surface area contributed by atoms with Crippen molar-refractivity contribution in [2.45, 2.75) is 46.0 Å². The van der Waals surface area contributed by atoms with Crippen LogP contribution in [0.2, 0.25) is 0 Å². The number of unbranched alkanes of at least 4 members (excludes halogenated alkanes) is 2. The number of carboxylic acid groups (broad SMARTS) is 1. The Kier molecular flexibility index (Phi) is 24.5. The monoisotopic (exact) mass is 192 g/mol. The first-order valence-corrected chi connectivity index (χ1v) is 4.60. The predicted molar refractivity (Wildman–Crippen MR) is 56.1 cm³/mol. The lowest BCUT2D eigenvalue weighted by atomic mass is 10.2. The molecule has 0 heterocycles. The zero-order valence-corrected chi connectivity index (χ0v) is 8.88. The molecule has 82 valence electrons. The molecule has 6 N–H and O–H groups in total. The zero-order valence-electron chi connectivity index (χ0n) is 8.88. The quantitative estimate of drug-likeness (QED) is 0.581. The van der Waals surface area contributed by atoms with Crippen molar-refractivity contribution in [2.75, 3.05) is 6.54 Å². The Hall–Kier alpha value is -0.610. The maximum atomic E-state index is 9.87. The van der Waals surface area contributed by atoms with Crippen molar-refractivity contribution in [1.29, 1.82) is 0 Å². The standard InChI is InChI=1S/C6H12O2.C3H9N.H3N/c1-2-3-4-5-6(7)8;1-2-3-4;/h2-5H2,1H3,(H,7,8);2-4H2,1H3;1H3. The SMILES string of the molecule is CCCCCC(=O)O.CCCN.N. The fourth-order valence-electron chi connectivity index (χ4n) is 0.526. The van der Waals surface area contributed by atoms with E-state index in [-0.39, 0.29) is 6.15 Å². The highest BCUT2D eigenvalue weighted by molar-refractivity contribution is 5.66. The lowest BCUT2D eigenvalue weighted by Crippen LogP contribution is -1.93. The van der Waals surface area contributed by atoms with Gasteiger partial charge in [0, 0.05) is 6.42 Å². The van der Waals surface area contributed by atoms with Crippen LogP contribution in [-0.4, -0.2) is 17.6 Å². The van der Waals surface area contributed by atoms with Crippen LogP contribution in [0.25, 0.3) is 0 Å². The van der Waals surface area contributed by atoms with Gasteiger partial charge in [-0.25, -0.2) is 0 Å². The number of hydrogen-bond donors (Lipinski definition) is 3. The predicted octanol–water partition coefficient (Wildman–Crippen LogP) is 2.17. The molecule has 0 aromatic heterocycles. The molecule has 0 bridgehead atoms. The Balaban J connectivity index is -0.000000173. The molecule has 0 unspecified atom stereocenters. The molecule has 13 heavy (non-hydrogen) atoms. The van der Waals surface area contributed by atoms with E-state index in [0.717, 1.165) is 32.2 Å². The third-order valence-electron chi connectivity index (χ3n) is 1.28. The van der Waals surface area contributed by atoms with Crippen LogP contribution in [0.5, 0.6) is 0 Å². The Bertz CT molecular complexity index is 95.6. The maximum Gasteiger partial charge on any atom is 0.303 e. The smallest absolute Gasteiger partial charge is 0.303 e. The number of carboxylic acids is 1. The van der Waals surface area contributed by atoms with Gasteiger partial charge in [-0.3, -0.25) is 4.79 Å². The first-order valence-electron chi connectivity index (χ1n) is 4.60. The van der Waals surface area contributed by atoms with Gasteiger partial charge in [0.25, 0.3) is 0 Å². The van der Waals surface area contributed by atoms with Crippen LogP contribution in [0.1, 0.15) is 46.0 Å². The normalized spacial score (nSPS) is 7.92. The molecule has 4 nitrogen and oxygen atoms in total. The second kappa shape index (κ2) is 17.5. The molecule has 0 aliphatic rings. The van der Waals surface area contributed by atoms with Crippen LogP contribution in [0.3, 0.4) is 0 Å². The molecule has 0 radical (unpaired) electrons. The summed E-state index contributed by atoms with van der Waals surface area (Å²) in [5.74, 6) is -0.682. The first-order chi connectivity index (χ1) is 5.68. The van der Waals surface area contributed by atoms with E-state index in [1.54, 1.807) is 0 Å². The molecule has 0 saturated heterocycles. The summed E-state index contributed by atoms with van der Waals surface area (Å²) in [6.07, 6.45) is 4.37. The van der Waals surface area contributed by atoms with Crippen molar-refractivity contribution in [1.82, 2.24) is 6.15 Å². The van der Waals surface area contributed by atoms with Gasteiger partial charge in [0.15, 0.2) is 0 Å². The molecule has 0 spiro atoms. The van der Waals surface area contributed by atoms with Crippen molar-refractivity contribution in [3.63, 3.8) is 0 Å². The van der Waals surface area contributed by atoms with E-state index in [1.165, 1.54) is 0 Å². The number of aliphatic carboxylic acids is 1. The van der Waals surface area contributed by atoms with Gasteiger partial charge in [0.2, 0.25) is 0 Å². The summed E-state index contributed by atoms with van der Waals surface area (Å²) >= 11 is 0. The second-order valence-electron chi connectivity index (χ2n) is 2.64. The van der Waals surface area contributed by atoms with Gasteiger partial charge in [-0.2, -0.15) is 0 Å². The van der Waals surface area contributed by atoms with Crippen LogP contribution in [0.4, 0.5) is 0 Å². The Morgan fingerprint density at radius 1 is 1.23 bits per heavy atom. The van der Waals surface area contributed by atoms with Gasteiger partial charge in [-0.1, -0.05) is 26.7 Å². The average molecular weight is 192 g/mol. The first kappa shape index (κ1) is 18.2. The summed E-state index contributed by atoms with van der Waals surface area (Å²) < 4.78 is 0. The molecule has 0 amide bonds. The highest BCUT2D eigenvalue weighted by Crippen LogP contribution is 1.97. The lowest BCUT2D eigenvalue weighted by Gasteiger charge is -1.89. The van der Waals surface area contributed by atoms with E-state index in [0.29, 0.717) is 6.42 Å². The minimum absolute atomic E-state index is 0. The van der Waals surface area contributed by atoms with Crippen molar-refractivity contribution in [3.05, 3.63) is 0 Å². The molecule has 0 rings (SSSR count). The van der Waals surface area contributed by atoms with Crippen LogP contribution < -0.4 is 11.9 Å². The summed E-state index contributed by atoms with van der Waals surface area (Å²) in [7, 11) is 0. The fourth-order valence-corrected chi connectivity index (χ4v) is 0.526. The third kappa shape index (κ3) is 34.6. The van der Waals surface area contributed by atoms with Gasteiger partial charge in [-0.05, 0) is 19.4 Å². The number of nitrogens with two attached hydrogens (primary N) is 1. The molecule has 4 heteroatoms. The molecule has 0 saturated carbocycles. The van der Waals surface area contributed by atoms with E-state index < -0.39 is 5.97 Å². The van der Waals surface area contributed by atoms with Gasteiger partial charge in [0.1, 0.15) is 0 Å². The number of carbonyl (C=O) groups is 1. The molecular formula is C9H24N2O2. The van der Waals surface area contributed by atoms with Gasteiger partial charge in [-0.15, -0.1) is 0 Å². The summed E-state index contributed by atoms with van der Waals surface area (Å²) in [6.45, 7) is 4.93. The fraction of sp³-hybridized carbons (Fsp3) is 0.889. The van der Waals surface area contributed by atoms with Crippen LogP contribution in [0, 0.1) is 0 Å². The molecule has 0 aromatic rings. The summed E-state index contributed by atoms with van der Waals surface area (Å²) in [6, 6.07) is 0. The van der Waals surface area contributed by atoms with Crippen LogP contribution in [-0.2, 0) is 4.79 Å². The third-order valence-corrected chi connectivity index (χ3v) is 1.28. The van der Waals surface area contributed by atoms with Gasteiger partial charge >= 0.3 is 5.97 Å². The van der Waals surface area contributed by atoms with Gasteiger partial charge < -0.3 is 17.0 Å². The molecule has 0 aliphatic heterocycles. The van der Waals surface area contributed by atoms with Gasteiger partial charge in [0.05, 0.1) is 0 Å². The minimum Gasteiger partial charge on any atom is -0.481 e. The zero-order chi connectivity index (χ0) is 9.82. The van der Waals surface area contributed by atoms with Crippen molar-refractivity contribution >= 4 is 5.97 Å². The average Bonchev–Trinajstić information content (AvgIpc) is 2.05. The highest BCUT2D eigenvalue weighted by atomic mass is 16.4. The molecule has 0 fully saturated rings. The summed E-state index contributed by atoms with van der Waals surface area (Å²) in [4.78, 5) is 9.87. The second-order valence-corrected chi connectivity index (χ2v) is 2.64. The van der Waals surface area contributed by atoms with Crippen LogP contribution in [0.15, 0.2) is 0 Å². The number of rotatable bonds is 5. The molecule has 0 aliphatic carbocycles. The summed E-state index contributed by atoms with van der Waals surface area (Å²) in [5, 5.41) is 8.14. The minimum atomic E-state index is -0.682. The topological polar surface area (TPSA) is 98.3 Å². The van der Waals surface area contributed by atoms with Crippen molar-refractivity contribution < 1.29 is 9.90 Å². The van der Waals surface area contributed by atoms with E-state index in [4.69, 9.17) is 10.8 Å². The summed E-state index contributed by atoms with van der Waals surface area (Å²) in [5.41, 5.74) is 5.03. The largest absolute Gasteiger partial charge is 0.481 e. The van der Waals surface area contributed by atoms with E-state index >= 15 is 0 Å². The maximum absolute atomic E-state index is 9.87. The van der Waals surface area contributed by atoms with Crippen molar-refractivity contribution in [3.8, 4) is 0 Å².